The zero-order valence-corrected chi connectivity index (χ0v) is 15.7. The van der Waals surface area contributed by atoms with E-state index in [9.17, 15) is 19.5 Å². The van der Waals surface area contributed by atoms with Crippen molar-refractivity contribution in [3.8, 4) is 0 Å². The molecule has 6 heteroatoms. The van der Waals surface area contributed by atoms with Crippen LogP contribution < -0.4 is 5.32 Å². The van der Waals surface area contributed by atoms with E-state index in [-0.39, 0.29) is 42.8 Å². The van der Waals surface area contributed by atoms with Crippen molar-refractivity contribution in [2.75, 3.05) is 6.54 Å². The molecule has 0 atom stereocenters. The first kappa shape index (κ1) is 18.6. The molecule has 0 bridgehead atoms. The quantitative estimate of drug-likeness (QED) is 0.781. The molecular formula is C22H24N2O4. The van der Waals surface area contributed by atoms with Gasteiger partial charge in [-0.2, -0.15) is 0 Å². The molecule has 0 unspecified atom stereocenters. The number of carbonyl (C=O) groups is 3. The third kappa shape index (κ3) is 3.52. The Balaban J connectivity index is 1.37. The summed E-state index contributed by atoms with van der Waals surface area (Å²) in [5, 5.41) is 14.1. The third-order valence-electron chi connectivity index (χ3n) is 5.70. The maximum Gasteiger partial charge on any atom is 0.261 e. The second kappa shape index (κ2) is 7.72. The van der Waals surface area contributed by atoms with Gasteiger partial charge >= 0.3 is 0 Å². The number of imide groups is 1. The largest absolute Gasteiger partial charge is 0.393 e. The Bertz CT molecular complexity index is 881. The minimum absolute atomic E-state index is 0.0687. The molecule has 1 heterocycles. The smallest absolute Gasteiger partial charge is 0.261 e. The second-order valence-corrected chi connectivity index (χ2v) is 7.65. The SMILES string of the molecule is O=C(CCCN1C(=O)c2cccc3cccc(c23)C1=O)NC1CCC(O)CC1. The molecule has 2 aliphatic rings. The highest BCUT2D eigenvalue weighted by Gasteiger charge is 2.32. The minimum atomic E-state index is -0.295. The Morgan fingerprint density at radius 1 is 1.00 bits per heavy atom. The van der Waals surface area contributed by atoms with E-state index in [1.54, 1.807) is 12.1 Å². The summed E-state index contributed by atoms with van der Waals surface area (Å²) in [6, 6.07) is 11.0. The highest BCUT2D eigenvalue weighted by molar-refractivity contribution is 6.25. The van der Waals surface area contributed by atoms with E-state index in [0.29, 0.717) is 35.8 Å². The van der Waals surface area contributed by atoms with Gasteiger partial charge in [0.2, 0.25) is 5.91 Å². The molecule has 1 fully saturated rings. The van der Waals surface area contributed by atoms with Crippen LogP contribution in [0.5, 0.6) is 0 Å². The van der Waals surface area contributed by atoms with Gasteiger partial charge in [-0.25, -0.2) is 0 Å². The Kier molecular flexibility index (Phi) is 5.13. The van der Waals surface area contributed by atoms with Crippen molar-refractivity contribution in [2.24, 2.45) is 0 Å². The summed E-state index contributed by atoms with van der Waals surface area (Å²) in [6.45, 7) is 0.221. The van der Waals surface area contributed by atoms with Crippen LogP contribution >= 0.6 is 0 Å². The van der Waals surface area contributed by atoms with Gasteiger partial charge in [-0.1, -0.05) is 24.3 Å². The fraction of sp³-hybridized carbons (Fsp3) is 0.409. The van der Waals surface area contributed by atoms with Crippen molar-refractivity contribution < 1.29 is 19.5 Å². The number of aliphatic hydroxyl groups is 1. The fourth-order valence-electron chi connectivity index (χ4n) is 4.20. The van der Waals surface area contributed by atoms with Crippen molar-refractivity contribution in [3.05, 3.63) is 47.5 Å². The number of nitrogens with zero attached hydrogens (tertiary/aromatic N) is 1. The molecule has 2 N–H and O–H groups in total. The molecule has 2 aromatic carbocycles. The van der Waals surface area contributed by atoms with Gasteiger partial charge in [-0.3, -0.25) is 19.3 Å². The van der Waals surface area contributed by atoms with E-state index >= 15 is 0 Å². The standard InChI is InChI=1S/C22H24N2O4/c25-16-11-9-15(10-12-16)23-19(26)8-3-13-24-21(27)17-6-1-4-14-5-2-7-18(20(14)17)22(24)28/h1-2,4-7,15-16,25H,3,8-13H2,(H,23,26). The molecule has 0 spiro atoms. The van der Waals surface area contributed by atoms with Gasteiger partial charge in [0.05, 0.1) is 6.10 Å². The molecule has 4 rings (SSSR count). The molecule has 1 aliphatic heterocycles. The highest BCUT2D eigenvalue weighted by Crippen LogP contribution is 2.30. The van der Waals surface area contributed by atoms with E-state index in [1.807, 2.05) is 24.3 Å². The van der Waals surface area contributed by atoms with Crippen LogP contribution in [0.1, 0.15) is 59.2 Å². The van der Waals surface area contributed by atoms with E-state index in [2.05, 4.69) is 5.32 Å². The first-order chi connectivity index (χ1) is 13.5. The predicted molar refractivity (Wildman–Crippen MR) is 105 cm³/mol. The van der Waals surface area contributed by atoms with E-state index in [4.69, 9.17) is 0 Å². The average Bonchev–Trinajstić information content (AvgIpc) is 2.70. The number of rotatable bonds is 5. The number of hydrogen-bond acceptors (Lipinski definition) is 4. The number of hydrogen-bond donors (Lipinski definition) is 2. The lowest BCUT2D eigenvalue weighted by Gasteiger charge is -2.28. The lowest BCUT2D eigenvalue weighted by molar-refractivity contribution is -0.122. The molecule has 3 amide bonds. The Morgan fingerprint density at radius 3 is 2.21 bits per heavy atom. The molecule has 1 aliphatic carbocycles. The molecule has 1 saturated carbocycles. The van der Waals surface area contributed by atoms with Crippen LogP contribution in [0.3, 0.4) is 0 Å². The molecule has 0 radical (unpaired) electrons. The molecule has 6 nitrogen and oxygen atoms in total. The number of benzene rings is 2. The normalized spacial score (nSPS) is 21.8. The van der Waals surface area contributed by atoms with Crippen LogP contribution in [0.15, 0.2) is 36.4 Å². The maximum atomic E-state index is 12.8. The van der Waals surface area contributed by atoms with Gasteiger partial charge in [0, 0.05) is 35.5 Å². The minimum Gasteiger partial charge on any atom is -0.393 e. The lowest BCUT2D eigenvalue weighted by atomic mass is 9.93. The highest BCUT2D eigenvalue weighted by atomic mass is 16.3. The molecule has 28 heavy (non-hydrogen) atoms. The second-order valence-electron chi connectivity index (χ2n) is 7.65. The van der Waals surface area contributed by atoms with Gasteiger partial charge in [0.15, 0.2) is 0 Å². The van der Waals surface area contributed by atoms with Crippen LogP contribution in [0, 0.1) is 0 Å². The van der Waals surface area contributed by atoms with Crippen LogP contribution in [0.25, 0.3) is 10.8 Å². The van der Waals surface area contributed by atoms with Crippen molar-refractivity contribution in [2.45, 2.75) is 50.7 Å². The van der Waals surface area contributed by atoms with Crippen LogP contribution in [-0.4, -0.2) is 46.4 Å². The summed E-state index contributed by atoms with van der Waals surface area (Å²) in [4.78, 5) is 39.1. The monoisotopic (exact) mass is 380 g/mol. The van der Waals surface area contributed by atoms with Crippen molar-refractivity contribution in [1.29, 1.82) is 0 Å². The van der Waals surface area contributed by atoms with Gasteiger partial charge in [-0.15, -0.1) is 0 Å². The summed E-state index contributed by atoms with van der Waals surface area (Å²) in [7, 11) is 0. The zero-order chi connectivity index (χ0) is 19.7. The summed E-state index contributed by atoms with van der Waals surface area (Å²) in [6.07, 6.45) is 3.45. The molecule has 146 valence electrons. The van der Waals surface area contributed by atoms with E-state index in [0.717, 1.165) is 18.2 Å². The average molecular weight is 380 g/mol. The molecule has 0 aromatic heterocycles. The zero-order valence-electron chi connectivity index (χ0n) is 15.7. The summed E-state index contributed by atoms with van der Waals surface area (Å²) in [5.74, 6) is -0.659. The van der Waals surface area contributed by atoms with Crippen molar-refractivity contribution in [3.63, 3.8) is 0 Å². The van der Waals surface area contributed by atoms with Gasteiger partial charge in [0.25, 0.3) is 11.8 Å². The van der Waals surface area contributed by atoms with Gasteiger partial charge in [0.1, 0.15) is 0 Å². The van der Waals surface area contributed by atoms with Crippen LogP contribution in [0.2, 0.25) is 0 Å². The first-order valence-electron chi connectivity index (χ1n) is 9.90. The van der Waals surface area contributed by atoms with E-state index < -0.39 is 0 Å². The Hall–Kier alpha value is -2.73. The number of aliphatic hydroxyl groups excluding tert-OH is 1. The van der Waals surface area contributed by atoms with Crippen molar-refractivity contribution >= 4 is 28.5 Å². The third-order valence-corrected chi connectivity index (χ3v) is 5.70. The number of amides is 3. The predicted octanol–water partition coefficient (Wildman–Crippen LogP) is 2.64. The van der Waals surface area contributed by atoms with Crippen LogP contribution in [-0.2, 0) is 4.79 Å². The maximum absolute atomic E-state index is 12.8. The number of carbonyl (C=O) groups excluding carboxylic acids is 3. The summed E-state index contributed by atoms with van der Waals surface area (Å²) < 4.78 is 0. The fourth-order valence-corrected chi connectivity index (χ4v) is 4.20. The summed E-state index contributed by atoms with van der Waals surface area (Å²) >= 11 is 0. The molecule has 2 aromatic rings. The van der Waals surface area contributed by atoms with Crippen LogP contribution in [0.4, 0.5) is 0 Å². The topological polar surface area (TPSA) is 86.7 Å². The summed E-state index contributed by atoms with van der Waals surface area (Å²) in [5.41, 5.74) is 1.08. The lowest BCUT2D eigenvalue weighted by Crippen LogP contribution is -2.42. The van der Waals surface area contributed by atoms with E-state index in [1.165, 1.54) is 4.90 Å². The van der Waals surface area contributed by atoms with Gasteiger partial charge in [-0.05, 0) is 49.6 Å². The molecular weight excluding hydrogens is 356 g/mol. The van der Waals surface area contributed by atoms with Crippen molar-refractivity contribution in [1.82, 2.24) is 10.2 Å². The molecule has 0 saturated heterocycles. The Morgan fingerprint density at radius 2 is 1.61 bits per heavy atom. The Labute approximate surface area is 163 Å². The first-order valence-corrected chi connectivity index (χ1v) is 9.90. The van der Waals surface area contributed by atoms with Gasteiger partial charge < -0.3 is 10.4 Å². The number of nitrogens with one attached hydrogen (secondary N) is 1.